The summed E-state index contributed by atoms with van der Waals surface area (Å²) in [6.45, 7) is 10.4. The second-order valence-electron chi connectivity index (χ2n) is 6.81. The molecular weight excluding hydrogens is 352 g/mol. The van der Waals surface area contributed by atoms with Crippen LogP contribution in [0, 0.1) is 0 Å². The second-order valence-corrected chi connectivity index (χ2v) is 13.3. The van der Waals surface area contributed by atoms with E-state index in [1.807, 2.05) is 0 Å². The molecule has 0 saturated heterocycles. The number of halogens is 1. The van der Waals surface area contributed by atoms with Gasteiger partial charge in [-0.05, 0) is 40.9 Å². The molecule has 0 radical (unpaired) electrons. The van der Waals surface area contributed by atoms with Gasteiger partial charge in [-0.1, -0.05) is 73.2 Å². The summed E-state index contributed by atoms with van der Waals surface area (Å²) >= 11 is 3.47. The van der Waals surface area contributed by atoms with Crippen LogP contribution in [0.25, 0.3) is 11.1 Å². The van der Waals surface area contributed by atoms with Gasteiger partial charge in [0.15, 0.2) is 0 Å². The van der Waals surface area contributed by atoms with E-state index in [1.54, 1.807) is 0 Å². The Bertz CT molecular complexity index is 584. The highest BCUT2D eigenvalue weighted by Crippen LogP contribution is 2.28. The molecule has 2 rings (SSSR count). The maximum atomic E-state index is 6.02. The molecule has 1 atom stereocenters. The molecule has 0 aliphatic carbocycles. The third kappa shape index (κ3) is 4.72. The first kappa shape index (κ1) is 17.3. The van der Waals surface area contributed by atoms with Gasteiger partial charge in [0, 0.05) is 4.47 Å². The van der Waals surface area contributed by atoms with Gasteiger partial charge in [-0.2, -0.15) is 0 Å². The van der Waals surface area contributed by atoms with E-state index in [4.69, 9.17) is 4.74 Å². The highest BCUT2D eigenvalue weighted by atomic mass is 79.9. The van der Waals surface area contributed by atoms with Crippen molar-refractivity contribution in [3.8, 4) is 16.9 Å². The average molecular weight is 377 g/mol. The predicted octanol–water partition coefficient (Wildman–Crippen LogP) is 6.61. The molecule has 0 amide bonds. The van der Waals surface area contributed by atoms with Gasteiger partial charge in [-0.3, -0.25) is 0 Å². The lowest BCUT2D eigenvalue weighted by Crippen LogP contribution is -2.31. The molecule has 2 aromatic carbocycles. The molecule has 22 heavy (non-hydrogen) atoms. The summed E-state index contributed by atoms with van der Waals surface area (Å²) in [4.78, 5) is 0. The van der Waals surface area contributed by atoms with Crippen molar-refractivity contribution in [1.82, 2.24) is 0 Å². The van der Waals surface area contributed by atoms with Gasteiger partial charge in [0.2, 0.25) is 0 Å². The fourth-order valence-electron chi connectivity index (χ4n) is 2.56. The van der Waals surface area contributed by atoms with Crippen molar-refractivity contribution in [2.75, 3.05) is 6.61 Å². The van der Waals surface area contributed by atoms with Crippen LogP contribution >= 0.6 is 15.9 Å². The number of rotatable bonds is 6. The number of hydrogen-bond acceptors (Lipinski definition) is 1. The summed E-state index contributed by atoms with van der Waals surface area (Å²) in [5.74, 6) is 0.970. The van der Waals surface area contributed by atoms with Gasteiger partial charge in [0.05, 0.1) is 14.7 Å². The normalized spacial score (nSPS) is 13.0. The van der Waals surface area contributed by atoms with Crippen LogP contribution in [0.4, 0.5) is 0 Å². The number of hydrogen-bond donors (Lipinski definition) is 0. The Balaban J connectivity index is 2.01. The van der Waals surface area contributed by atoms with Gasteiger partial charge < -0.3 is 4.74 Å². The molecule has 1 unspecified atom stereocenters. The fourth-order valence-corrected chi connectivity index (χ4v) is 4.64. The van der Waals surface area contributed by atoms with Crippen molar-refractivity contribution < 1.29 is 4.74 Å². The van der Waals surface area contributed by atoms with E-state index in [0.717, 1.165) is 16.8 Å². The fraction of sp³-hybridized carbons (Fsp3) is 0.368. The largest absolute Gasteiger partial charge is 0.494 e. The number of benzene rings is 2. The molecule has 118 valence electrons. The van der Waals surface area contributed by atoms with Crippen LogP contribution in [0.2, 0.25) is 25.2 Å². The maximum Gasteiger partial charge on any atom is 0.119 e. The van der Waals surface area contributed by atoms with Crippen molar-refractivity contribution in [2.45, 2.75) is 38.5 Å². The molecule has 0 spiro atoms. The monoisotopic (exact) mass is 376 g/mol. The van der Waals surface area contributed by atoms with E-state index in [0.29, 0.717) is 5.54 Å². The van der Waals surface area contributed by atoms with Crippen LogP contribution in [-0.2, 0) is 0 Å². The van der Waals surface area contributed by atoms with E-state index in [1.165, 1.54) is 17.5 Å². The zero-order chi connectivity index (χ0) is 16.2. The molecule has 0 heterocycles. The molecule has 3 heteroatoms. The average Bonchev–Trinajstić information content (AvgIpc) is 2.48. The lowest BCUT2D eigenvalue weighted by Gasteiger charge is -2.27. The number of ether oxygens (including phenoxy) is 1. The van der Waals surface area contributed by atoms with Gasteiger partial charge in [0.1, 0.15) is 5.75 Å². The van der Waals surface area contributed by atoms with Crippen molar-refractivity contribution in [3.63, 3.8) is 0 Å². The minimum absolute atomic E-state index is 0.707. The molecule has 0 aromatic heterocycles. The summed E-state index contributed by atoms with van der Waals surface area (Å²) in [5.41, 5.74) is 3.15. The van der Waals surface area contributed by atoms with Gasteiger partial charge in [0.25, 0.3) is 0 Å². The second kappa shape index (κ2) is 7.47. The van der Waals surface area contributed by atoms with Crippen molar-refractivity contribution >= 4 is 24.0 Å². The zero-order valence-corrected chi connectivity index (χ0v) is 16.5. The molecule has 2 aromatic rings. The first-order chi connectivity index (χ1) is 10.4. The van der Waals surface area contributed by atoms with E-state index >= 15 is 0 Å². The topological polar surface area (TPSA) is 9.23 Å². The molecule has 0 fully saturated rings. The smallest absolute Gasteiger partial charge is 0.119 e. The third-order valence-electron chi connectivity index (χ3n) is 4.20. The van der Waals surface area contributed by atoms with E-state index in [2.05, 4.69) is 91.0 Å². The Labute approximate surface area is 143 Å². The van der Waals surface area contributed by atoms with Gasteiger partial charge >= 0.3 is 0 Å². The van der Waals surface area contributed by atoms with E-state index < -0.39 is 8.07 Å². The van der Waals surface area contributed by atoms with Crippen molar-refractivity contribution in [2.24, 2.45) is 0 Å². The summed E-state index contributed by atoms with van der Waals surface area (Å²) < 4.78 is 7.13. The Morgan fingerprint density at radius 2 is 1.41 bits per heavy atom. The molecule has 0 bridgehead atoms. The summed E-state index contributed by atoms with van der Waals surface area (Å²) in [6, 6.07) is 16.8. The zero-order valence-electron chi connectivity index (χ0n) is 13.9. The van der Waals surface area contributed by atoms with Gasteiger partial charge in [-0.25, -0.2) is 0 Å². The molecule has 1 nitrogen and oxygen atoms in total. The minimum Gasteiger partial charge on any atom is -0.494 e. The van der Waals surface area contributed by atoms with E-state index in [9.17, 15) is 0 Å². The van der Waals surface area contributed by atoms with Crippen LogP contribution in [-0.4, -0.2) is 14.7 Å². The van der Waals surface area contributed by atoms with Crippen molar-refractivity contribution in [1.29, 1.82) is 0 Å². The minimum atomic E-state index is -1.14. The molecular formula is C19H25BrOSi. The summed E-state index contributed by atoms with van der Waals surface area (Å²) in [7, 11) is -1.14. The van der Waals surface area contributed by atoms with Gasteiger partial charge in [-0.15, -0.1) is 0 Å². The highest BCUT2D eigenvalue weighted by molar-refractivity contribution is 9.10. The first-order valence-electron chi connectivity index (χ1n) is 7.89. The van der Waals surface area contributed by atoms with Crippen molar-refractivity contribution in [3.05, 3.63) is 53.0 Å². The summed E-state index contributed by atoms with van der Waals surface area (Å²) in [6.07, 6.45) is 1.20. The standard InChI is InChI=1S/C19H25BrOSi/c1-5-19(22(2,3)4)14-21-18-12-8-16(9-13-18)15-6-10-17(20)11-7-15/h6-13,19H,5,14H2,1-4H3. The summed E-state index contributed by atoms with van der Waals surface area (Å²) in [5, 5.41) is 0. The SMILES string of the molecule is CCC(COc1ccc(-c2ccc(Br)cc2)cc1)[Si](C)(C)C. The van der Waals surface area contributed by atoms with Crippen LogP contribution in [0.5, 0.6) is 5.75 Å². The molecule has 0 saturated carbocycles. The molecule has 0 aliphatic rings. The Hall–Kier alpha value is -1.06. The Morgan fingerprint density at radius 3 is 1.86 bits per heavy atom. The lowest BCUT2D eigenvalue weighted by atomic mass is 10.1. The first-order valence-corrected chi connectivity index (χ1v) is 12.3. The predicted molar refractivity (Wildman–Crippen MR) is 102 cm³/mol. The molecule has 0 N–H and O–H groups in total. The highest BCUT2D eigenvalue weighted by Gasteiger charge is 2.25. The molecule has 0 aliphatic heterocycles. The van der Waals surface area contributed by atoms with Crippen LogP contribution in [0.1, 0.15) is 13.3 Å². The Morgan fingerprint density at radius 1 is 0.909 bits per heavy atom. The lowest BCUT2D eigenvalue weighted by molar-refractivity contribution is 0.306. The van der Waals surface area contributed by atoms with Crippen LogP contribution in [0.3, 0.4) is 0 Å². The maximum absolute atomic E-state index is 6.02. The van der Waals surface area contributed by atoms with Crippen LogP contribution < -0.4 is 4.74 Å². The van der Waals surface area contributed by atoms with E-state index in [-0.39, 0.29) is 0 Å². The third-order valence-corrected chi connectivity index (χ3v) is 7.75. The quantitative estimate of drug-likeness (QED) is 0.515. The Kier molecular flexibility index (Phi) is 5.87. The van der Waals surface area contributed by atoms with Crippen LogP contribution in [0.15, 0.2) is 53.0 Å².